The Kier molecular flexibility index (Phi) is 8.02. The molecule has 1 aromatic heterocycles. The second-order valence-corrected chi connectivity index (χ2v) is 15.3. The van der Waals surface area contributed by atoms with E-state index in [-0.39, 0.29) is 43.7 Å². The van der Waals surface area contributed by atoms with E-state index in [2.05, 4.69) is 97.1 Å². The van der Waals surface area contributed by atoms with Crippen molar-refractivity contribution in [3.8, 4) is 33.4 Å². The van der Waals surface area contributed by atoms with Gasteiger partial charge in [0.05, 0.1) is 0 Å². The van der Waals surface area contributed by atoms with E-state index in [1.54, 1.807) is 0 Å². The third-order valence-electron chi connectivity index (χ3n) is 12.2. The molecule has 1 heterocycles. The van der Waals surface area contributed by atoms with Gasteiger partial charge in [0.1, 0.15) is 73.9 Å². The molecule has 0 fully saturated rings. The van der Waals surface area contributed by atoms with Gasteiger partial charge in [-0.15, -0.1) is 21.9 Å². The van der Waals surface area contributed by atoms with Crippen LogP contribution in [0.15, 0.2) is 138 Å². The Bertz CT molecular complexity index is 3560. The lowest BCUT2D eigenvalue weighted by Gasteiger charge is -2.28. The maximum Gasteiger partial charge on any atom is 0.136 e. The van der Waals surface area contributed by atoms with Crippen molar-refractivity contribution in [2.75, 3.05) is 0 Å². The SMILES string of the molecule is [B]c1c([B])c([B])c2c(-c3ccc4oc5cc6ccccc6cc5c4c3)c3c([B])c([B])c([B])c([B])c3c(-c3ccc(-c4cccc5ccc6ccccc6c45)cc3)c2c1[B]. The monoisotopic (exact) mass is 726 g/mol. The molecule has 0 amide bonds. The van der Waals surface area contributed by atoms with Crippen LogP contribution in [0.5, 0.6) is 0 Å². The third-order valence-corrected chi connectivity index (χ3v) is 12.2. The van der Waals surface area contributed by atoms with Gasteiger partial charge in [-0.25, -0.2) is 0 Å². The Labute approximate surface area is 351 Å². The summed E-state index contributed by atoms with van der Waals surface area (Å²) in [5.74, 6) is 0. The number of furan rings is 1. The predicted molar refractivity (Wildman–Crippen MR) is 261 cm³/mol. The van der Waals surface area contributed by atoms with Crippen LogP contribution in [0, 0.1) is 0 Å². The Morgan fingerprint density at radius 1 is 0.288 bits per heavy atom. The zero-order valence-corrected chi connectivity index (χ0v) is 31.7. The molecule has 11 rings (SSSR count). The zero-order chi connectivity index (χ0) is 40.4. The van der Waals surface area contributed by atoms with E-state index in [0.717, 1.165) is 60.4 Å². The highest BCUT2D eigenvalue weighted by Crippen LogP contribution is 2.43. The first-order valence-corrected chi connectivity index (χ1v) is 19.2. The van der Waals surface area contributed by atoms with Gasteiger partial charge in [-0.1, -0.05) is 131 Å². The van der Waals surface area contributed by atoms with Gasteiger partial charge in [-0.05, 0) is 112 Å². The lowest BCUT2D eigenvalue weighted by molar-refractivity contribution is 0.669. The van der Waals surface area contributed by atoms with Gasteiger partial charge in [-0.2, -0.15) is 0 Å². The molecular weight excluding hydrogens is 703 g/mol. The summed E-state index contributed by atoms with van der Waals surface area (Å²) in [6, 6.07) is 45.8. The van der Waals surface area contributed by atoms with Crippen molar-refractivity contribution < 1.29 is 4.42 Å². The van der Waals surface area contributed by atoms with Crippen LogP contribution in [-0.4, -0.2) is 62.8 Å². The summed E-state index contributed by atoms with van der Waals surface area (Å²) in [6.07, 6.45) is 0. The molecule has 252 valence electrons. The summed E-state index contributed by atoms with van der Waals surface area (Å²) in [5, 5.41) is 11.0. The van der Waals surface area contributed by atoms with E-state index < -0.39 is 0 Å². The molecule has 0 aliphatic heterocycles. The highest BCUT2D eigenvalue weighted by molar-refractivity contribution is 6.71. The number of benzene rings is 10. The fourth-order valence-electron chi connectivity index (χ4n) is 9.26. The fourth-order valence-corrected chi connectivity index (χ4v) is 9.26. The lowest BCUT2D eigenvalue weighted by Crippen LogP contribution is -2.50. The molecule has 0 atom stereocenters. The molecule has 16 radical (unpaired) electrons. The van der Waals surface area contributed by atoms with E-state index in [9.17, 15) is 0 Å². The lowest BCUT2D eigenvalue weighted by atomic mass is 9.59. The molecule has 0 N–H and O–H groups in total. The fraction of sp³-hybridized carbons (Fsp3) is 0. The van der Waals surface area contributed by atoms with Crippen LogP contribution in [0.25, 0.3) is 109 Å². The van der Waals surface area contributed by atoms with Gasteiger partial charge >= 0.3 is 0 Å². The van der Waals surface area contributed by atoms with Crippen molar-refractivity contribution in [2.45, 2.75) is 0 Å². The van der Waals surface area contributed by atoms with Crippen molar-refractivity contribution in [3.05, 3.63) is 133 Å². The molecule has 0 saturated heterocycles. The van der Waals surface area contributed by atoms with Gasteiger partial charge < -0.3 is 4.42 Å². The van der Waals surface area contributed by atoms with Gasteiger partial charge in [0.15, 0.2) is 0 Å². The van der Waals surface area contributed by atoms with Crippen molar-refractivity contribution in [1.29, 1.82) is 0 Å². The van der Waals surface area contributed by atoms with Crippen molar-refractivity contribution >= 4 is 182 Å². The maximum absolute atomic E-state index is 7.06. The third kappa shape index (κ3) is 5.16. The molecule has 0 aliphatic carbocycles. The smallest absolute Gasteiger partial charge is 0.136 e. The molecule has 11 aromatic rings. The highest BCUT2D eigenvalue weighted by Gasteiger charge is 2.25. The second-order valence-electron chi connectivity index (χ2n) is 15.3. The van der Waals surface area contributed by atoms with Gasteiger partial charge in [0.25, 0.3) is 0 Å². The van der Waals surface area contributed by atoms with Crippen LogP contribution in [-0.2, 0) is 0 Å². The molecule has 0 aliphatic rings. The summed E-state index contributed by atoms with van der Waals surface area (Å²) in [4.78, 5) is 0. The van der Waals surface area contributed by atoms with Gasteiger partial charge in [-0.3, -0.25) is 0 Å². The Morgan fingerprint density at radius 3 is 1.39 bits per heavy atom. The Hall–Kier alpha value is -6.18. The van der Waals surface area contributed by atoms with Crippen LogP contribution in [0.4, 0.5) is 0 Å². The van der Waals surface area contributed by atoms with E-state index in [1.165, 1.54) is 16.2 Å². The molecule has 0 spiro atoms. The minimum absolute atomic E-state index is 0.163. The number of hydrogen-bond acceptors (Lipinski definition) is 1. The van der Waals surface area contributed by atoms with Crippen LogP contribution >= 0.6 is 0 Å². The average Bonchev–Trinajstić information content (AvgIpc) is 3.63. The van der Waals surface area contributed by atoms with Crippen molar-refractivity contribution in [2.24, 2.45) is 0 Å². The van der Waals surface area contributed by atoms with E-state index in [4.69, 9.17) is 67.2 Å². The Balaban J connectivity index is 1.24. The molecule has 10 aromatic carbocycles. The molecule has 9 heteroatoms. The number of hydrogen-bond donors (Lipinski definition) is 0. The van der Waals surface area contributed by atoms with Gasteiger partial charge in [0.2, 0.25) is 0 Å². The van der Waals surface area contributed by atoms with E-state index >= 15 is 0 Å². The summed E-state index contributed by atoms with van der Waals surface area (Å²) < 4.78 is 6.38. The zero-order valence-electron chi connectivity index (χ0n) is 31.7. The quantitative estimate of drug-likeness (QED) is 0.146. The van der Waals surface area contributed by atoms with Gasteiger partial charge in [0, 0.05) is 10.8 Å². The minimum Gasteiger partial charge on any atom is -0.456 e. The maximum atomic E-state index is 7.06. The molecule has 59 heavy (non-hydrogen) atoms. The largest absolute Gasteiger partial charge is 0.456 e. The first-order valence-electron chi connectivity index (χ1n) is 19.2. The van der Waals surface area contributed by atoms with E-state index in [0.29, 0.717) is 32.7 Å². The molecule has 0 saturated carbocycles. The normalized spacial score (nSPS) is 11.9. The standard InChI is InChI=1S/C50H22B8O/c51-43-39-37(26-16-13-24(14-17-26)31-11-5-9-25-15-12-23-6-3-4-10-30(23)36(25)31)40-42(46(54)50(58)48(56)44(40)52)38(41(39)45(53)49(57)47(43)55)29-18-19-34-32(21-29)33-20-27-7-1-2-8-28(27)22-35(33)59-34/h1-22H. The molecule has 0 bridgehead atoms. The van der Waals surface area contributed by atoms with Crippen LogP contribution in [0.3, 0.4) is 0 Å². The van der Waals surface area contributed by atoms with Crippen LogP contribution in [0.2, 0.25) is 0 Å². The average molecular weight is 725 g/mol. The Morgan fingerprint density at radius 2 is 0.763 bits per heavy atom. The molecule has 0 unspecified atom stereocenters. The topological polar surface area (TPSA) is 13.1 Å². The van der Waals surface area contributed by atoms with Crippen molar-refractivity contribution in [1.82, 2.24) is 0 Å². The van der Waals surface area contributed by atoms with E-state index in [1.807, 2.05) is 36.4 Å². The number of fused-ring (bicyclic) bond motifs is 9. The van der Waals surface area contributed by atoms with Crippen LogP contribution in [0.1, 0.15) is 0 Å². The summed E-state index contributed by atoms with van der Waals surface area (Å²) >= 11 is 0. The summed E-state index contributed by atoms with van der Waals surface area (Å²) in [5.41, 5.74) is 8.13. The first-order chi connectivity index (χ1) is 28.6. The number of rotatable bonds is 3. The highest BCUT2D eigenvalue weighted by atomic mass is 16.3. The van der Waals surface area contributed by atoms with Crippen molar-refractivity contribution in [3.63, 3.8) is 0 Å². The van der Waals surface area contributed by atoms with Crippen LogP contribution < -0.4 is 43.7 Å². The minimum atomic E-state index is 0.163. The summed E-state index contributed by atoms with van der Waals surface area (Å²) in [6.45, 7) is 0. The summed E-state index contributed by atoms with van der Waals surface area (Å²) in [7, 11) is 54.9. The molecular formula is C50H22B8O. The second kappa shape index (κ2) is 13.2. The first kappa shape index (κ1) is 35.9. The molecule has 1 nitrogen and oxygen atoms in total. The predicted octanol–water partition coefficient (Wildman–Crippen LogP) is 4.70.